The maximum atomic E-state index is 12.3. The summed E-state index contributed by atoms with van der Waals surface area (Å²) in [5.41, 5.74) is 5.15. The van der Waals surface area contributed by atoms with Gasteiger partial charge in [-0.25, -0.2) is 15.0 Å². The highest BCUT2D eigenvalue weighted by atomic mass is 35.5. The molecule has 0 aliphatic heterocycles. The number of aromatic nitrogens is 3. The fraction of sp³-hybridized carbons (Fsp3) is 0.333. The molecule has 0 aliphatic carbocycles. The predicted molar refractivity (Wildman–Crippen MR) is 113 cm³/mol. The molecule has 7 heteroatoms. The first-order valence-corrected chi connectivity index (χ1v) is 10.6. The maximum absolute atomic E-state index is 12.3. The van der Waals surface area contributed by atoms with Crippen LogP contribution in [-0.2, 0) is 22.6 Å². The van der Waals surface area contributed by atoms with Crippen molar-refractivity contribution in [2.45, 2.75) is 45.4 Å². The summed E-state index contributed by atoms with van der Waals surface area (Å²) in [6, 6.07) is 7.78. The summed E-state index contributed by atoms with van der Waals surface area (Å²) in [7, 11) is 0. The first kappa shape index (κ1) is 20.6. The van der Waals surface area contributed by atoms with E-state index in [9.17, 15) is 4.79 Å². The van der Waals surface area contributed by atoms with E-state index < -0.39 is 0 Å². The summed E-state index contributed by atoms with van der Waals surface area (Å²) in [6.45, 7) is 5.89. The average Bonchev–Trinajstić information content (AvgIpc) is 2.68. The Morgan fingerprint density at radius 3 is 2.46 bits per heavy atom. The fourth-order valence-corrected chi connectivity index (χ4v) is 3.78. The number of pyridine rings is 1. The third-order valence-electron chi connectivity index (χ3n) is 4.68. The number of carbonyl (C=O) groups is 1. The number of hydrogen-bond donors (Lipinski definition) is 0. The summed E-state index contributed by atoms with van der Waals surface area (Å²) in [5, 5.41) is 2.29. The van der Waals surface area contributed by atoms with Crippen LogP contribution in [0.2, 0.25) is 5.02 Å². The van der Waals surface area contributed by atoms with Crippen LogP contribution in [0, 0.1) is 20.8 Å². The Kier molecular flexibility index (Phi) is 6.52. The Balaban J connectivity index is 1.65. The molecule has 0 spiro atoms. The molecule has 0 atom stereocenters. The van der Waals surface area contributed by atoms with Gasteiger partial charge in [-0.05, 0) is 50.6 Å². The molecule has 3 rings (SSSR count). The van der Waals surface area contributed by atoms with Gasteiger partial charge in [0.15, 0.2) is 5.16 Å². The predicted octanol–water partition coefficient (Wildman–Crippen LogP) is 5.00. The monoisotopic (exact) mass is 415 g/mol. The topological polar surface area (TPSA) is 65.0 Å². The number of thioether (sulfide) groups is 1. The van der Waals surface area contributed by atoms with Crippen LogP contribution in [0.1, 0.15) is 34.6 Å². The van der Waals surface area contributed by atoms with Crippen LogP contribution in [0.25, 0.3) is 10.9 Å². The number of hydrogen-bond acceptors (Lipinski definition) is 6. The highest BCUT2D eigenvalue weighted by Gasteiger charge is 2.14. The minimum Gasteiger partial charge on any atom is -0.459 e. The maximum Gasteiger partial charge on any atom is 0.306 e. The van der Waals surface area contributed by atoms with Gasteiger partial charge in [0.05, 0.1) is 16.2 Å². The molecule has 0 unspecified atom stereocenters. The molecule has 0 amide bonds. The molecule has 0 saturated carbocycles. The summed E-state index contributed by atoms with van der Waals surface area (Å²) in [6.07, 6.45) is 2.75. The van der Waals surface area contributed by atoms with Crippen molar-refractivity contribution < 1.29 is 9.53 Å². The Bertz CT molecular complexity index is 1020. The number of fused-ring (bicyclic) bond motifs is 1. The number of benzene rings is 1. The highest BCUT2D eigenvalue weighted by Crippen LogP contribution is 2.27. The van der Waals surface area contributed by atoms with Crippen molar-refractivity contribution in [2.24, 2.45) is 0 Å². The molecule has 2 aromatic heterocycles. The third kappa shape index (κ3) is 4.45. The van der Waals surface area contributed by atoms with Crippen molar-refractivity contribution in [1.29, 1.82) is 0 Å². The van der Waals surface area contributed by atoms with E-state index >= 15 is 0 Å². The summed E-state index contributed by atoms with van der Waals surface area (Å²) < 4.78 is 5.43. The second kappa shape index (κ2) is 8.88. The first-order chi connectivity index (χ1) is 13.4. The highest BCUT2D eigenvalue weighted by molar-refractivity contribution is 7.98. The molecule has 0 fully saturated rings. The summed E-state index contributed by atoms with van der Waals surface area (Å²) in [5.74, 6) is -0.295. The van der Waals surface area contributed by atoms with E-state index in [0.29, 0.717) is 17.1 Å². The number of nitrogens with zero attached hydrogens (tertiary/aromatic N) is 3. The number of halogens is 1. The second-order valence-electron chi connectivity index (χ2n) is 6.53. The van der Waals surface area contributed by atoms with E-state index in [-0.39, 0.29) is 19.0 Å². The van der Waals surface area contributed by atoms with Crippen LogP contribution < -0.4 is 0 Å². The molecular formula is C21H22ClN3O2S. The number of aryl methyl sites for hydroxylation is 3. The quantitative estimate of drug-likeness (QED) is 0.320. The van der Waals surface area contributed by atoms with E-state index in [0.717, 1.165) is 38.6 Å². The number of para-hydroxylation sites is 1. The van der Waals surface area contributed by atoms with Gasteiger partial charge in [0.2, 0.25) is 0 Å². The fourth-order valence-electron chi connectivity index (χ4n) is 3.12. The Morgan fingerprint density at radius 1 is 1.11 bits per heavy atom. The Hall–Kier alpha value is -2.18. The van der Waals surface area contributed by atoms with Crippen molar-refractivity contribution in [1.82, 2.24) is 15.0 Å². The molecule has 5 nitrogen and oxygen atoms in total. The summed E-state index contributed by atoms with van der Waals surface area (Å²) >= 11 is 7.93. The molecule has 0 saturated heterocycles. The van der Waals surface area contributed by atoms with Gasteiger partial charge >= 0.3 is 5.97 Å². The molecule has 146 valence electrons. The van der Waals surface area contributed by atoms with E-state index in [1.807, 2.05) is 51.3 Å². The Morgan fingerprint density at radius 2 is 1.79 bits per heavy atom. The van der Waals surface area contributed by atoms with E-state index in [1.54, 1.807) is 0 Å². The number of carbonyl (C=O) groups excluding carboxylic acids is 1. The normalized spacial score (nSPS) is 11.0. The van der Waals surface area contributed by atoms with Gasteiger partial charge in [-0.2, -0.15) is 0 Å². The van der Waals surface area contributed by atoms with Gasteiger partial charge in [-0.15, -0.1) is 0 Å². The van der Waals surface area contributed by atoms with Gasteiger partial charge in [-0.1, -0.05) is 41.6 Å². The average molecular weight is 416 g/mol. The van der Waals surface area contributed by atoms with Crippen LogP contribution in [0.3, 0.4) is 0 Å². The molecule has 3 aromatic rings. The third-order valence-corrected chi connectivity index (χ3v) is 5.73. The van der Waals surface area contributed by atoms with Crippen molar-refractivity contribution in [2.75, 3.05) is 6.26 Å². The molecule has 0 radical (unpaired) electrons. The van der Waals surface area contributed by atoms with Crippen LogP contribution in [-0.4, -0.2) is 27.2 Å². The second-order valence-corrected chi connectivity index (χ2v) is 7.69. The minimum absolute atomic E-state index is 0.0587. The smallest absolute Gasteiger partial charge is 0.306 e. The van der Waals surface area contributed by atoms with Crippen LogP contribution >= 0.6 is 23.4 Å². The number of ether oxygens (including phenoxy) is 1. The lowest BCUT2D eigenvalue weighted by molar-refractivity contribution is -0.145. The largest absolute Gasteiger partial charge is 0.459 e. The SMILES string of the molecule is CSc1nc(C)c(CCC(=O)OCc2nc3ccccc3c(C)c2Cl)c(C)n1. The van der Waals surface area contributed by atoms with Gasteiger partial charge in [0.25, 0.3) is 0 Å². The molecular weight excluding hydrogens is 394 g/mol. The minimum atomic E-state index is -0.295. The number of esters is 1. The molecule has 0 N–H and O–H groups in total. The van der Waals surface area contributed by atoms with Crippen molar-refractivity contribution in [3.63, 3.8) is 0 Å². The van der Waals surface area contributed by atoms with Gasteiger partial charge in [-0.3, -0.25) is 4.79 Å². The number of rotatable bonds is 6. The van der Waals surface area contributed by atoms with E-state index in [1.165, 1.54) is 11.8 Å². The van der Waals surface area contributed by atoms with Gasteiger partial charge in [0.1, 0.15) is 6.61 Å². The molecule has 1 aromatic carbocycles. The van der Waals surface area contributed by atoms with Crippen LogP contribution in [0.4, 0.5) is 0 Å². The lowest BCUT2D eigenvalue weighted by Crippen LogP contribution is -2.10. The van der Waals surface area contributed by atoms with Gasteiger partial charge in [0, 0.05) is 23.2 Å². The zero-order chi connectivity index (χ0) is 20.3. The molecule has 0 bridgehead atoms. The van der Waals surface area contributed by atoms with E-state index in [2.05, 4.69) is 15.0 Å². The summed E-state index contributed by atoms with van der Waals surface area (Å²) in [4.78, 5) is 25.7. The van der Waals surface area contributed by atoms with Crippen molar-refractivity contribution in [3.05, 3.63) is 57.5 Å². The molecule has 0 aliphatic rings. The first-order valence-electron chi connectivity index (χ1n) is 8.98. The zero-order valence-electron chi connectivity index (χ0n) is 16.4. The van der Waals surface area contributed by atoms with Crippen LogP contribution in [0.5, 0.6) is 0 Å². The molecule has 2 heterocycles. The van der Waals surface area contributed by atoms with Crippen molar-refractivity contribution >= 4 is 40.2 Å². The lowest BCUT2D eigenvalue weighted by Gasteiger charge is -2.12. The van der Waals surface area contributed by atoms with E-state index in [4.69, 9.17) is 16.3 Å². The Labute approximate surface area is 173 Å². The zero-order valence-corrected chi connectivity index (χ0v) is 17.9. The van der Waals surface area contributed by atoms with Gasteiger partial charge < -0.3 is 4.74 Å². The van der Waals surface area contributed by atoms with Crippen molar-refractivity contribution in [3.8, 4) is 0 Å². The molecule has 28 heavy (non-hydrogen) atoms. The standard InChI is InChI=1S/C21H22ClN3O2S/c1-12-15-7-5-6-8-17(15)25-18(20(12)22)11-27-19(26)10-9-16-13(2)23-21(28-4)24-14(16)3/h5-8H,9-11H2,1-4H3. The van der Waals surface area contributed by atoms with Crippen LogP contribution in [0.15, 0.2) is 29.4 Å². The lowest BCUT2D eigenvalue weighted by atomic mass is 10.1.